The third-order valence-electron chi connectivity index (χ3n) is 1.56. The van der Waals surface area contributed by atoms with E-state index in [0.717, 1.165) is 17.3 Å². The van der Waals surface area contributed by atoms with Gasteiger partial charge < -0.3 is 5.11 Å². The molecule has 0 spiro atoms. The van der Waals surface area contributed by atoms with Crippen molar-refractivity contribution in [2.24, 2.45) is 0 Å². The third-order valence-corrected chi connectivity index (χ3v) is 1.95. The Morgan fingerprint density at radius 3 is 2.64 bits per heavy atom. The fraction of sp³-hybridized carbons (Fsp3) is 0.333. The summed E-state index contributed by atoms with van der Waals surface area (Å²) < 4.78 is 0. The third kappa shape index (κ3) is 2.64. The van der Waals surface area contributed by atoms with Crippen LogP contribution in [0, 0.1) is 0 Å². The highest BCUT2D eigenvalue weighted by molar-refractivity contribution is 9.09. The Balaban J connectivity index is 2.74. The quantitative estimate of drug-likeness (QED) is 0.765. The van der Waals surface area contributed by atoms with Crippen LogP contribution in [0.1, 0.15) is 11.1 Å². The van der Waals surface area contributed by atoms with Gasteiger partial charge in [0.1, 0.15) is 0 Å². The predicted octanol–water partition coefficient (Wildman–Crippen LogP) is 2.12. The highest BCUT2D eigenvalue weighted by Crippen LogP contribution is 2.06. The molecule has 1 aromatic rings. The molecule has 0 amide bonds. The van der Waals surface area contributed by atoms with Crippen LogP contribution in [0.4, 0.5) is 0 Å². The van der Waals surface area contributed by atoms with Crippen LogP contribution in [-0.4, -0.2) is 10.4 Å². The van der Waals surface area contributed by atoms with Crippen molar-refractivity contribution in [1.29, 1.82) is 0 Å². The number of rotatable bonds is 3. The highest BCUT2D eigenvalue weighted by Gasteiger charge is 1.92. The van der Waals surface area contributed by atoms with Crippen molar-refractivity contribution in [3.05, 3.63) is 35.4 Å². The van der Waals surface area contributed by atoms with Crippen molar-refractivity contribution < 1.29 is 5.11 Å². The van der Waals surface area contributed by atoms with E-state index in [1.165, 1.54) is 5.56 Å². The van der Waals surface area contributed by atoms with Gasteiger partial charge in [0.25, 0.3) is 0 Å². The predicted molar refractivity (Wildman–Crippen MR) is 49.9 cm³/mol. The molecule has 0 unspecified atom stereocenters. The van der Waals surface area contributed by atoms with Crippen LogP contribution in [0.5, 0.6) is 0 Å². The standard InChI is InChI=1S/C9H11BrO/c10-5-4-8-2-1-3-9(6-8)7-11/h1-3,6,11H,4-5,7H2. The van der Waals surface area contributed by atoms with Crippen LogP contribution in [0.3, 0.4) is 0 Å². The first-order chi connectivity index (χ1) is 5.36. The first-order valence-electron chi connectivity index (χ1n) is 3.61. The average Bonchev–Trinajstić information content (AvgIpc) is 2.06. The number of aryl methyl sites for hydroxylation is 1. The summed E-state index contributed by atoms with van der Waals surface area (Å²) in [4.78, 5) is 0. The van der Waals surface area contributed by atoms with Gasteiger partial charge in [0.05, 0.1) is 6.61 Å². The van der Waals surface area contributed by atoms with E-state index in [0.29, 0.717) is 0 Å². The van der Waals surface area contributed by atoms with Crippen molar-refractivity contribution in [2.75, 3.05) is 5.33 Å². The average molecular weight is 215 g/mol. The zero-order valence-electron chi connectivity index (χ0n) is 6.26. The first kappa shape index (κ1) is 8.75. The van der Waals surface area contributed by atoms with Crippen molar-refractivity contribution >= 4 is 15.9 Å². The monoisotopic (exact) mass is 214 g/mol. The fourth-order valence-electron chi connectivity index (χ4n) is 0.993. The number of aliphatic hydroxyl groups is 1. The second-order valence-electron chi connectivity index (χ2n) is 2.42. The second kappa shape index (κ2) is 4.52. The van der Waals surface area contributed by atoms with Gasteiger partial charge in [0.15, 0.2) is 0 Å². The van der Waals surface area contributed by atoms with Crippen molar-refractivity contribution in [2.45, 2.75) is 13.0 Å². The number of halogens is 1. The summed E-state index contributed by atoms with van der Waals surface area (Å²) in [6, 6.07) is 8.00. The summed E-state index contributed by atoms with van der Waals surface area (Å²) in [7, 11) is 0. The van der Waals surface area contributed by atoms with Crippen LogP contribution in [0.15, 0.2) is 24.3 Å². The van der Waals surface area contributed by atoms with Gasteiger partial charge >= 0.3 is 0 Å². The minimum Gasteiger partial charge on any atom is -0.392 e. The van der Waals surface area contributed by atoms with Crippen molar-refractivity contribution in [3.8, 4) is 0 Å². The molecule has 1 N–H and O–H groups in total. The van der Waals surface area contributed by atoms with Gasteiger partial charge in [-0.1, -0.05) is 40.2 Å². The normalized spacial score (nSPS) is 10.0. The summed E-state index contributed by atoms with van der Waals surface area (Å²) in [6.07, 6.45) is 1.02. The molecule has 11 heavy (non-hydrogen) atoms. The lowest BCUT2D eigenvalue weighted by molar-refractivity contribution is 0.281. The topological polar surface area (TPSA) is 20.2 Å². The second-order valence-corrected chi connectivity index (χ2v) is 3.21. The SMILES string of the molecule is OCc1cccc(CCBr)c1. The number of alkyl halides is 1. The zero-order valence-corrected chi connectivity index (χ0v) is 7.84. The zero-order chi connectivity index (χ0) is 8.10. The molecule has 2 heteroatoms. The van der Waals surface area contributed by atoms with Gasteiger partial charge in [-0.25, -0.2) is 0 Å². The van der Waals surface area contributed by atoms with E-state index in [4.69, 9.17) is 5.11 Å². The van der Waals surface area contributed by atoms with Crippen molar-refractivity contribution in [1.82, 2.24) is 0 Å². The van der Waals surface area contributed by atoms with Gasteiger partial charge in [-0.15, -0.1) is 0 Å². The maximum Gasteiger partial charge on any atom is 0.0681 e. The minimum absolute atomic E-state index is 0.135. The van der Waals surface area contributed by atoms with Gasteiger partial charge in [0.2, 0.25) is 0 Å². The molecule has 0 bridgehead atoms. The maximum absolute atomic E-state index is 8.82. The maximum atomic E-state index is 8.82. The fourth-order valence-corrected chi connectivity index (χ4v) is 1.45. The molecule has 0 atom stereocenters. The minimum atomic E-state index is 0.135. The van der Waals surface area contributed by atoms with Crippen LogP contribution in [0.2, 0.25) is 0 Å². The molecule has 0 saturated heterocycles. The summed E-state index contributed by atoms with van der Waals surface area (Å²) in [5.41, 5.74) is 2.26. The molecule has 0 saturated carbocycles. The molecule has 0 aliphatic carbocycles. The Morgan fingerprint density at radius 1 is 1.27 bits per heavy atom. The Morgan fingerprint density at radius 2 is 2.00 bits per heavy atom. The Bertz CT molecular complexity index is 223. The van der Waals surface area contributed by atoms with E-state index in [1.54, 1.807) is 0 Å². The van der Waals surface area contributed by atoms with Gasteiger partial charge in [-0.05, 0) is 17.5 Å². The van der Waals surface area contributed by atoms with Crippen LogP contribution in [0.25, 0.3) is 0 Å². The summed E-state index contributed by atoms with van der Waals surface area (Å²) >= 11 is 3.37. The number of benzene rings is 1. The molecular weight excluding hydrogens is 204 g/mol. The van der Waals surface area contributed by atoms with Crippen LogP contribution < -0.4 is 0 Å². The van der Waals surface area contributed by atoms with Gasteiger partial charge in [0, 0.05) is 5.33 Å². The highest BCUT2D eigenvalue weighted by atomic mass is 79.9. The molecule has 0 heterocycles. The molecule has 1 nitrogen and oxygen atoms in total. The molecule has 0 aromatic heterocycles. The van der Waals surface area contributed by atoms with Crippen LogP contribution in [-0.2, 0) is 13.0 Å². The lowest BCUT2D eigenvalue weighted by Gasteiger charge is -1.99. The van der Waals surface area contributed by atoms with Crippen molar-refractivity contribution in [3.63, 3.8) is 0 Å². The molecule has 60 valence electrons. The molecule has 1 aromatic carbocycles. The summed E-state index contributed by atoms with van der Waals surface area (Å²) in [5.74, 6) is 0. The van der Waals surface area contributed by atoms with E-state index in [1.807, 2.05) is 18.2 Å². The Hall–Kier alpha value is -0.340. The number of hydrogen-bond acceptors (Lipinski definition) is 1. The molecule has 0 aliphatic heterocycles. The largest absolute Gasteiger partial charge is 0.392 e. The van der Waals surface area contributed by atoms with E-state index in [2.05, 4.69) is 22.0 Å². The first-order valence-corrected chi connectivity index (χ1v) is 4.73. The van der Waals surface area contributed by atoms with E-state index in [-0.39, 0.29) is 6.61 Å². The van der Waals surface area contributed by atoms with E-state index >= 15 is 0 Å². The van der Waals surface area contributed by atoms with Gasteiger partial charge in [-0.2, -0.15) is 0 Å². The Kier molecular flexibility index (Phi) is 3.60. The van der Waals surface area contributed by atoms with Crippen LogP contribution >= 0.6 is 15.9 Å². The van der Waals surface area contributed by atoms with E-state index in [9.17, 15) is 0 Å². The smallest absolute Gasteiger partial charge is 0.0681 e. The Labute approximate surface area is 75.2 Å². The molecule has 1 rings (SSSR count). The molecule has 0 aliphatic rings. The van der Waals surface area contributed by atoms with E-state index < -0.39 is 0 Å². The molecule has 0 fully saturated rings. The number of hydrogen-bond donors (Lipinski definition) is 1. The molecule has 0 radical (unpaired) electrons. The molecular formula is C9H11BrO. The number of aliphatic hydroxyl groups excluding tert-OH is 1. The summed E-state index contributed by atoms with van der Waals surface area (Å²) in [6.45, 7) is 0.135. The summed E-state index contributed by atoms with van der Waals surface area (Å²) in [5, 5.41) is 9.79. The van der Waals surface area contributed by atoms with Gasteiger partial charge in [-0.3, -0.25) is 0 Å². The lowest BCUT2D eigenvalue weighted by Crippen LogP contribution is -1.88. The lowest BCUT2D eigenvalue weighted by atomic mass is 10.1.